The molecule has 0 fully saturated rings. The molecule has 0 saturated carbocycles. The van der Waals surface area contributed by atoms with Crippen molar-refractivity contribution in [2.75, 3.05) is 13.1 Å². The van der Waals surface area contributed by atoms with Gasteiger partial charge in [0.15, 0.2) is 0 Å². The summed E-state index contributed by atoms with van der Waals surface area (Å²) in [5, 5.41) is 3.41. The monoisotopic (exact) mass is 206 g/mol. The van der Waals surface area contributed by atoms with Crippen LogP contribution < -0.4 is 11.1 Å². The first kappa shape index (κ1) is 12.2. The summed E-state index contributed by atoms with van der Waals surface area (Å²) in [6.45, 7) is 6.08. The third kappa shape index (κ3) is 4.02. The van der Waals surface area contributed by atoms with Crippen LogP contribution in [0.2, 0.25) is 0 Å². The number of nitrogens with two attached hydrogens (primary N) is 1. The molecule has 0 amide bonds. The van der Waals surface area contributed by atoms with Crippen molar-refractivity contribution in [3.8, 4) is 0 Å². The highest BCUT2D eigenvalue weighted by atomic mass is 14.9. The number of hydrogen-bond acceptors (Lipinski definition) is 2. The Kier molecular flexibility index (Phi) is 5.37. The van der Waals surface area contributed by atoms with Crippen molar-refractivity contribution in [3.63, 3.8) is 0 Å². The first-order valence-corrected chi connectivity index (χ1v) is 5.76. The maximum absolute atomic E-state index is 5.72. The Labute approximate surface area is 92.9 Å². The van der Waals surface area contributed by atoms with Crippen LogP contribution in [0.5, 0.6) is 0 Å². The summed E-state index contributed by atoms with van der Waals surface area (Å²) in [5.41, 5.74) is 7.12. The van der Waals surface area contributed by atoms with Gasteiger partial charge in [-0.25, -0.2) is 0 Å². The van der Waals surface area contributed by atoms with Gasteiger partial charge in [0, 0.05) is 12.6 Å². The van der Waals surface area contributed by atoms with E-state index in [1.165, 1.54) is 5.56 Å². The molecule has 0 aliphatic heterocycles. The average Bonchev–Trinajstić information content (AvgIpc) is 2.29. The number of rotatable bonds is 6. The van der Waals surface area contributed by atoms with Crippen molar-refractivity contribution in [2.24, 2.45) is 5.73 Å². The molecule has 0 aliphatic carbocycles. The minimum absolute atomic E-state index is 0.435. The lowest BCUT2D eigenvalue weighted by Crippen LogP contribution is -2.36. The Balaban J connectivity index is 2.50. The van der Waals surface area contributed by atoms with Gasteiger partial charge in [-0.15, -0.1) is 0 Å². The first-order chi connectivity index (χ1) is 7.27. The molecule has 0 saturated heterocycles. The van der Waals surface area contributed by atoms with Gasteiger partial charge in [0.25, 0.3) is 0 Å². The molecule has 0 aliphatic rings. The number of likely N-dealkylation sites (N-methyl/N-ethyl adjacent to an activating group) is 1. The Morgan fingerprint density at radius 3 is 2.47 bits per heavy atom. The van der Waals surface area contributed by atoms with Gasteiger partial charge in [-0.3, -0.25) is 0 Å². The number of benzene rings is 1. The van der Waals surface area contributed by atoms with Gasteiger partial charge in [0.05, 0.1) is 0 Å². The van der Waals surface area contributed by atoms with Crippen molar-refractivity contribution < 1.29 is 0 Å². The van der Waals surface area contributed by atoms with Crippen molar-refractivity contribution in [1.29, 1.82) is 0 Å². The minimum Gasteiger partial charge on any atom is -0.329 e. The molecular weight excluding hydrogens is 184 g/mol. The highest BCUT2D eigenvalue weighted by Gasteiger charge is 2.11. The summed E-state index contributed by atoms with van der Waals surface area (Å²) in [6, 6.07) is 11.0. The molecule has 1 aromatic carbocycles. The van der Waals surface area contributed by atoms with Gasteiger partial charge in [-0.05, 0) is 24.4 Å². The molecule has 15 heavy (non-hydrogen) atoms. The van der Waals surface area contributed by atoms with E-state index in [1.807, 2.05) is 0 Å². The van der Waals surface area contributed by atoms with Crippen LogP contribution in [-0.2, 0) is 0 Å². The van der Waals surface area contributed by atoms with E-state index in [2.05, 4.69) is 49.5 Å². The van der Waals surface area contributed by atoms with Crippen molar-refractivity contribution in [2.45, 2.75) is 32.2 Å². The molecule has 3 N–H and O–H groups in total. The predicted molar refractivity (Wildman–Crippen MR) is 66.0 cm³/mol. The van der Waals surface area contributed by atoms with Crippen molar-refractivity contribution in [3.05, 3.63) is 35.9 Å². The largest absolute Gasteiger partial charge is 0.329 e. The SMILES string of the molecule is CCNC(CN)CC(C)c1ccccc1. The second-order valence-electron chi connectivity index (χ2n) is 4.04. The zero-order valence-corrected chi connectivity index (χ0v) is 9.74. The molecule has 2 unspecified atom stereocenters. The highest BCUT2D eigenvalue weighted by Crippen LogP contribution is 2.19. The van der Waals surface area contributed by atoms with Crippen LogP contribution in [0.3, 0.4) is 0 Å². The molecular formula is C13H22N2. The Morgan fingerprint density at radius 1 is 1.27 bits per heavy atom. The summed E-state index contributed by atoms with van der Waals surface area (Å²) in [6.07, 6.45) is 1.11. The van der Waals surface area contributed by atoms with Gasteiger partial charge >= 0.3 is 0 Å². The van der Waals surface area contributed by atoms with E-state index in [0.29, 0.717) is 18.5 Å². The quantitative estimate of drug-likeness (QED) is 0.748. The van der Waals surface area contributed by atoms with Crippen LogP contribution >= 0.6 is 0 Å². The normalized spacial score (nSPS) is 14.9. The van der Waals surface area contributed by atoms with Gasteiger partial charge in [-0.2, -0.15) is 0 Å². The second-order valence-corrected chi connectivity index (χ2v) is 4.04. The van der Waals surface area contributed by atoms with Crippen LogP contribution in [-0.4, -0.2) is 19.1 Å². The number of nitrogens with one attached hydrogen (secondary N) is 1. The smallest absolute Gasteiger partial charge is 0.0195 e. The molecule has 2 atom stereocenters. The molecule has 0 bridgehead atoms. The average molecular weight is 206 g/mol. The molecule has 84 valence electrons. The zero-order chi connectivity index (χ0) is 11.1. The molecule has 0 aromatic heterocycles. The summed E-state index contributed by atoms with van der Waals surface area (Å²) in [5.74, 6) is 0.568. The lowest BCUT2D eigenvalue weighted by molar-refractivity contribution is 0.467. The third-order valence-corrected chi connectivity index (χ3v) is 2.78. The standard InChI is InChI=1S/C13H22N2/c1-3-15-13(10-14)9-11(2)12-7-5-4-6-8-12/h4-8,11,13,15H,3,9-10,14H2,1-2H3. The zero-order valence-electron chi connectivity index (χ0n) is 9.74. The fraction of sp³-hybridized carbons (Fsp3) is 0.538. The van der Waals surface area contributed by atoms with E-state index in [4.69, 9.17) is 5.73 Å². The third-order valence-electron chi connectivity index (χ3n) is 2.78. The van der Waals surface area contributed by atoms with Crippen LogP contribution in [0.4, 0.5) is 0 Å². The van der Waals surface area contributed by atoms with E-state index >= 15 is 0 Å². The predicted octanol–water partition coefficient (Wildman–Crippen LogP) is 2.12. The van der Waals surface area contributed by atoms with Crippen molar-refractivity contribution >= 4 is 0 Å². The van der Waals surface area contributed by atoms with Crippen LogP contribution in [0.25, 0.3) is 0 Å². The van der Waals surface area contributed by atoms with E-state index in [0.717, 1.165) is 13.0 Å². The van der Waals surface area contributed by atoms with Crippen LogP contribution in [0.15, 0.2) is 30.3 Å². The second kappa shape index (κ2) is 6.59. The summed E-state index contributed by atoms with van der Waals surface area (Å²) >= 11 is 0. The Hall–Kier alpha value is -0.860. The summed E-state index contributed by atoms with van der Waals surface area (Å²) in [4.78, 5) is 0. The maximum Gasteiger partial charge on any atom is 0.0195 e. The van der Waals surface area contributed by atoms with E-state index in [-0.39, 0.29) is 0 Å². The van der Waals surface area contributed by atoms with Gasteiger partial charge < -0.3 is 11.1 Å². The molecule has 0 heterocycles. The van der Waals surface area contributed by atoms with Crippen LogP contribution in [0, 0.1) is 0 Å². The van der Waals surface area contributed by atoms with E-state index in [9.17, 15) is 0 Å². The van der Waals surface area contributed by atoms with Crippen LogP contribution in [0.1, 0.15) is 31.7 Å². The molecule has 2 heteroatoms. The fourth-order valence-corrected chi connectivity index (χ4v) is 1.90. The maximum atomic E-state index is 5.72. The lowest BCUT2D eigenvalue weighted by Gasteiger charge is -2.20. The van der Waals surface area contributed by atoms with E-state index < -0.39 is 0 Å². The molecule has 2 nitrogen and oxygen atoms in total. The Morgan fingerprint density at radius 2 is 1.93 bits per heavy atom. The number of hydrogen-bond donors (Lipinski definition) is 2. The van der Waals surface area contributed by atoms with Gasteiger partial charge in [0.1, 0.15) is 0 Å². The summed E-state index contributed by atoms with van der Waals surface area (Å²) in [7, 11) is 0. The Bertz CT molecular complexity index is 258. The topological polar surface area (TPSA) is 38.0 Å². The van der Waals surface area contributed by atoms with Crippen molar-refractivity contribution in [1.82, 2.24) is 5.32 Å². The summed E-state index contributed by atoms with van der Waals surface area (Å²) < 4.78 is 0. The minimum atomic E-state index is 0.435. The van der Waals surface area contributed by atoms with Gasteiger partial charge in [0.2, 0.25) is 0 Å². The van der Waals surface area contributed by atoms with E-state index in [1.54, 1.807) is 0 Å². The molecule has 0 radical (unpaired) electrons. The highest BCUT2D eigenvalue weighted by molar-refractivity contribution is 5.18. The van der Waals surface area contributed by atoms with Gasteiger partial charge in [-0.1, -0.05) is 44.2 Å². The first-order valence-electron chi connectivity index (χ1n) is 5.76. The fourth-order valence-electron chi connectivity index (χ4n) is 1.90. The molecule has 1 rings (SSSR count). The molecule has 0 spiro atoms. The molecule has 1 aromatic rings. The lowest BCUT2D eigenvalue weighted by atomic mass is 9.94.